The third kappa shape index (κ3) is 4.26. The zero-order chi connectivity index (χ0) is 19.8. The number of benzene rings is 2. The van der Waals surface area contributed by atoms with Crippen molar-refractivity contribution in [3.05, 3.63) is 59.2 Å². The fourth-order valence-corrected chi connectivity index (χ4v) is 3.10. The summed E-state index contributed by atoms with van der Waals surface area (Å²) in [5.74, 6) is 1.52. The van der Waals surface area contributed by atoms with Gasteiger partial charge in [-0.3, -0.25) is 4.79 Å². The number of carbonyl (C=O) groups excluding carboxylic acids is 1. The largest absolute Gasteiger partial charge is 0.454 e. The first-order valence-corrected chi connectivity index (χ1v) is 9.37. The maximum Gasteiger partial charge on any atom is 0.254 e. The van der Waals surface area contributed by atoms with Crippen molar-refractivity contribution in [3.63, 3.8) is 0 Å². The van der Waals surface area contributed by atoms with Gasteiger partial charge in [0.05, 0.1) is 0 Å². The molecule has 0 atom stereocenters. The van der Waals surface area contributed by atoms with E-state index in [4.69, 9.17) is 9.47 Å². The van der Waals surface area contributed by atoms with Crippen molar-refractivity contribution in [2.45, 2.75) is 59.0 Å². The standard InChI is InChI=1S/C23H29NO3/c1-22(2,3)18-10-8-17(9-11-18)21(25)24(23(4,5)6)14-16-7-12-19-20(13-16)27-15-26-19/h7-13H,14-15H2,1-6H3. The highest BCUT2D eigenvalue weighted by Gasteiger charge is 2.28. The highest BCUT2D eigenvalue weighted by Crippen LogP contribution is 2.33. The quantitative estimate of drug-likeness (QED) is 0.753. The van der Waals surface area contributed by atoms with Gasteiger partial charge in [0.2, 0.25) is 6.79 Å². The molecule has 1 heterocycles. The fourth-order valence-electron chi connectivity index (χ4n) is 3.10. The van der Waals surface area contributed by atoms with Gasteiger partial charge in [0.1, 0.15) is 0 Å². The summed E-state index contributed by atoms with van der Waals surface area (Å²) in [4.78, 5) is 15.2. The lowest BCUT2D eigenvalue weighted by Gasteiger charge is -2.36. The molecule has 0 bridgehead atoms. The molecule has 3 rings (SSSR count). The second-order valence-corrected chi connectivity index (χ2v) is 9.08. The van der Waals surface area contributed by atoms with E-state index >= 15 is 0 Å². The van der Waals surface area contributed by atoms with Crippen LogP contribution in [0.4, 0.5) is 0 Å². The number of hydrogen-bond acceptors (Lipinski definition) is 3. The van der Waals surface area contributed by atoms with Crippen LogP contribution in [-0.2, 0) is 12.0 Å². The topological polar surface area (TPSA) is 38.8 Å². The number of hydrogen-bond donors (Lipinski definition) is 0. The van der Waals surface area contributed by atoms with Gasteiger partial charge in [-0.25, -0.2) is 0 Å². The van der Waals surface area contributed by atoms with Crippen LogP contribution in [0.25, 0.3) is 0 Å². The molecule has 27 heavy (non-hydrogen) atoms. The van der Waals surface area contributed by atoms with E-state index in [1.54, 1.807) is 0 Å². The smallest absolute Gasteiger partial charge is 0.254 e. The van der Waals surface area contributed by atoms with E-state index in [0.717, 1.165) is 17.1 Å². The molecule has 1 aliphatic rings. The molecule has 0 spiro atoms. The van der Waals surface area contributed by atoms with E-state index in [1.807, 2.05) is 35.2 Å². The summed E-state index contributed by atoms with van der Waals surface area (Å²) in [6.07, 6.45) is 0. The van der Waals surface area contributed by atoms with Crippen LogP contribution in [0.3, 0.4) is 0 Å². The summed E-state index contributed by atoms with van der Waals surface area (Å²) in [6.45, 7) is 13.5. The van der Waals surface area contributed by atoms with Crippen LogP contribution < -0.4 is 9.47 Å². The molecular formula is C23H29NO3. The SMILES string of the molecule is CC(C)(C)c1ccc(C(=O)N(Cc2ccc3c(c2)OCO3)C(C)(C)C)cc1. The van der Waals surface area contributed by atoms with Crippen molar-refractivity contribution in [3.8, 4) is 11.5 Å². The fraction of sp³-hybridized carbons (Fsp3) is 0.435. The molecule has 0 aromatic heterocycles. The normalized spacial score (nSPS) is 13.6. The Balaban J connectivity index is 1.85. The third-order valence-electron chi connectivity index (χ3n) is 4.83. The highest BCUT2D eigenvalue weighted by atomic mass is 16.7. The average Bonchev–Trinajstić information content (AvgIpc) is 3.05. The average molecular weight is 367 g/mol. The number of ether oxygens (including phenoxy) is 2. The Hall–Kier alpha value is -2.49. The molecular weight excluding hydrogens is 338 g/mol. The van der Waals surface area contributed by atoms with Crippen molar-refractivity contribution in [2.24, 2.45) is 0 Å². The van der Waals surface area contributed by atoms with Crippen LogP contribution in [0.15, 0.2) is 42.5 Å². The van der Waals surface area contributed by atoms with Crippen LogP contribution in [0.1, 0.15) is 63.0 Å². The molecule has 144 valence electrons. The van der Waals surface area contributed by atoms with Gasteiger partial charge in [-0.05, 0) is 61.6 Å². The minimum Gasteiger partial charge on any atom is -0.454 e. The van der Waals surface area contributed by atoms with Gasteiger partial charge in [0.25, 0.3) is 5.91 Å². The number of rotatable bonds is 3. The van der Waals surface area contributed by atoms with E-state index in [1.165, 1.54) is 5.56 Å². The van der Waals surface area contributed by atoms with Gasteiger partial charge < -0.3 is 14.4 Å². The lowest BCUT2D eigenvalue weighted by Crippen LogP contribution is -2.45. The van der Waals surface area contributed by atoms with Crippen molar-refractivity contribution < 1.29 is 14.3 Å². The van der Waals surface area contributed by atoms with Crippen LogP contribution in [0, 0.1) is 0 Å². The van der Waals surface area contributed by atoms with Crippen LogP contribution >= 0.6 is 0 Å². The minimum atomic E-state index is -0.309. The number of nitrogens with zero attached hydrogens (tertiary/aromatic N) is 1. The van der Waals surface area contributed by atoms with Crippen LogP contribution in [-0.4, -0.2) is 23.1 Å². The van der Waals surface area contributed by atoms with E-state index < -0.39 is 0 Å². The summed E-state index contributed by atoms with van der Waals surface area (Å²) in [5, 5.41) is 0. The Morgan fingerprint density at radius 3 is 2.15 bits per heavy atom. The number of amides is 1. The third-order valence-corrected chi connectivity index (χ3v) is 4.83. The first-order valence-electron chi connectivity index (χ1n) is 9.37. The number of fused-ring (bicyclic) bond motifs is 1. The maximum atomic E-state index is 13.3. The molecule has 0 saturated carbocycles. The van der Waals surface area contributed by atoms with Crippen molar-refractivity contribution in [1.29, 1.82) is 0 Å². The van der Waals surface area contributed by atoms with Gasteiger partial charge in [0, 0.05) is 17.6 Å². The molecule has 4 nitrogen and oxygen atoms in total. The second kappa shape index (κ2) is 6.91. The van der Waals surface area contributed by atoms with Crippen molar-refractivity contribution >= 4 is 5.91 Å². The predicted molar refractivity (Wildman–Crippen MR) is 107 cm³/mol. The van der Waals surface area contributed by atoms with E-state index in [2.05, 4.69) is 53.7 Å². The van der Waals surface area contributed by atoms with Gasteiger partial charge in [0.15, 0.2) is 11.5 Å². The molecule has 0 aliphatic carbocycles. The molecule has 2 aromatic carbocycles. The lowest BCUT2D eigenvalue weighted by atomic mass is 9.86. The first-order chi connectivity index (χ1) is 12.6. The summed E-state index contributed by atoms with van der Waals surface area (Å²) >= 11 is 0. The summed E-state index contributed by atoms with van der Waals surface area (Å²) < 4.78 is 10.8. The second-order valence-electron chi connectivity index (χ2n) is 9.08. The highest BCUT2D eigenvalue weighted by molar-refractivity contribution is 5.94. The maximum absolute atomic E-state index is 13.3. The van der Waals surface area contributed by atoms with Crippen LogP contribution in [0.2, 0.25) is 0 Å². The Bertz CT molecular complexity index is 826. The molecule has 1 amide bonds. The van der Waals surface area contributed by atoms with Gasteiger partial charge >= 0.3 is 0 Å². The lowest BCUT2D eigenvalue weighted by molar-refractivity contribution is 0.0558. The monoisotopic (exact) mass is 367 g/mol. The van der Waals surface area contributed by atoms with Gasteiger partial charge in [-0.15, -0.1) is 0 Å². The minimum absolute atomic E-state index is 0.0284. The Morgan fingerprint density at radius 1 is 0.926 bits per heavy atom. The molecule has 0 saturated heterocycles. The Labute approximate surface area is 162 Å². The Kier molecular flexibility index (Phi) is 4.94. The molecule has 2 aromatic rings. The zero-order valence-electron chi connectivity index (χ0n) is 17.1. The van der Waals surface area contributed by atoms with E-state index in [0.29, 0.717) is 12.1 Å². The van der Waals surface area contributed by atoms with Gasteiger partial charge in [-0.1, -0.05) is 39.0 Å². The molecule has 0 N–H and O–H groups in total. The predicted octanol–water partition coefficient (Wildman–Crippen LogP) is 5.15. The molecule has 4 heteroatoms. The van der Waals surface area contributed by atoms with Crippen LogP contribution in [0.5, 0.6) is 11.5 Å². The van der Waals surface area contributed by atoms with E-state index in [9.17, 15) is 4.79 Å². The summed E-state index contributed by atoms with van der Waals surface area (Å²) in [6, 6.07) is 13.8. The molecule has 0 radical (unpaired) electrons. The van der Waals surface area contributed by atoms with Crippen molar-refractivity contribution in [2.75, 3.05) is 6.79 Å². The zero-order valence-corrected chi connectivity index (χ0v) is 17.1. The molecule has 0 unspecified atom stereocenters. The molecule has 1 aliphatic heterocycles. The molecule has 0 fully saturated rings. The van der Waals surface area contributed by atoms with Crippen molar-refractivity contribution in [1.82, 2.24) is 4.90 Å². The summed E-state index contributed by atoms with van der Waals surface area (Å²) in [5.41, 5.74) is 2.71. The number of carbonyl (C=O) groups is 1. The summed E-state index contributed by atoms with van der Waals surface area (Å²) in [7, 11) is 0. The van der Waals surface area contributed by atoms with Gasteiger partial charge in [-0.2, -0.15) is 0 Å². The van der Waals surface area contributed by atoms with E-state index in [-0.39, 0.29) is 23.7 Å². The first kappa shape index (κ1) is 19.3. The Morgan fingerprint density at radius 2 is 1.56 bits per heavy atom.